The number of nitrogens with zero attached hydrogens (tertiary/aromatic N) is 6. The number of ether oxygens (including phenoxy) is 1. The molecule has 0 bridgehead atoms. The summed E-state index contributed by atoms with van der Waals surface area (Å²) in [6.45, 7) is 10.4. The smallest absolute Gasteiger partial charge is 0.320 e. The summed E-state index contributed by atoms with van der Waals surface area (Å²) in [5.74, 6) is 2.28. The molecule has 2 atom stereocenters. The van der Waals surface area contributed by atoms with E-state index in [4.69, 9.17) is 9.84 Å². The van der Waals surface area contributed by atoms with Crippen LogP contribution in [0.2, 0.25) is 0 Å². The van der Waals surface area contributed by atoms with Gasteiger partial charge in [-0.1, -0.05) is 75.6 Å². The highest BCUT2D eigenvalue weighted by Crippen LogP contribution is 2.39. The van der Waals surface area contributed by atoms with E-state index in [2.05, 4.69) is 70.0 Å². The fraction of sp³-hybridized carbons (Fsp3) is 0.405. The van der Waals surface area contributed by atoms with Gasteiger partial charge in [0.05, 0.1) is 23.6 Å². The number of hydrogen-bond acceptors (Lipinski definition) is 6. The fourth-order valence-electron chi connectivity index (χ4n) is 6.63. The van der Waals surface area contributed by atoms with Crippen molar-refractivity contribution >= 4 is 23.4 Å². The predicted octanol–water partition coefficient (Wildman–Crippen LogP) is 7.68. The van der Waals surface area contributed by atoms with Crippen molar-refractivity contribution in [1.82, 2.24) is 29.7 Å². The van der Waals surface area contributed by atoms with Gasteiger partial charge in [0, 0.05) is 24.6 Å². The average molecular weight is 633 g/mol. The molecule has 0 radical (unpaired) electrons. The molecule has 2 amide bonds. The fourth-order valence-corrected chi connectivity index (χ4v) is 6.63. The highest BCUT2D eigenvalue weighted by Gasteiger charge is 2.30. The van der Waals surface area contributed by atoms with Crippen LogP contribution in [0.3, 0.4) is 0 Å². The first-order valence-electron chi connectivity index (χ1n) is 16.8. The molecule has 4 heterocycles. The van der Waals surface area contributed by atoms with Crippen LogP contribution in [0.15, 0.2) is 72.9 Å². The Kier molecular flexibility index (Phi) is 8.34. The van der Waals surface area contributed by atoms with Crippen LogP contribution in [0.25, 0.3) is 11.3 Å². The van der Waals surface area contributed by atoms with Crippen LogP contribution >= 0.6 is 0 Å². The Morgan fingerprint density at radius 3 is 2.38 bits per heavy atom. The SMILES string of the molecule is Cc1ccc(-n2nc(C(C)(C)C)cc2NC(=O)N[C@H]2CC[C@@H](Oc3ccc4nnc(N5CCCCCC5)n4c3)c3ccccc32)cc1. The van der Waals surface area contributed by atoms with E-state index in [1.165, 1.54) is 31.2 Å². The van der Waals surface area contributed by atoms with Gasteiger partial charge < -0.3 is 15.0 Å². The number of aromatic nitrogens is 5. The summed E-state index contributed by atoms with van der Waals surface area (Å²) < 4.78 is 10.5. The quantitative estimate of drug-likeness (QED) is 0.199. The Morgan fingerprint density at radius 1 is 0.894 bits per heavy atom. The van der Waals surface area contributed by atoms with Crippen LogP contribution < -0.4 is 20.3 Å². The van der Waals surface area contributed by atoms with Gasteiger partial charge in [0.15, 0.2) is 5.65 Å². The minimum absolute atomic E-state index is 0.139. The number of fused-ring (bicyclic) bond motifs is 2. The van der Waals surface area contributed by atoms with Gasteiger partial charge in [-0.15, -0.1) is 10.2 Å². The van der Waals surface area contributed by atoms with Gasteiger partial charge >= 0.3 is 6.03 Å². The first kappa shape index (κ1) is 30.8. The third-order valence-electron chi connectivity index (χ3n) is 9.26. The third-order valence-corrected chi connectivity index (χ3v) is 9.26. The normalized spacial score (nSPS) is 18.4. The van der Waals surface area contributed by atoms with Crippen LogP contribution in [0, 0.1) is 6.92 Å². The molecule has 0 spiro atoms. The Balaban J connectivity index is 1.08. The van der Waals surface area contributed by atoms with Crippen molar-refractivity contribution in [2.45, 2.75) is 83.8 Å². The zero-order valence-corrected chi connectivity index (χ0v) is 27.7. The molecule has 47 heavy (non-hydrogen) atoms. The molecule has 1 aliphatic heterocycles. The average Bonchev–Trinajstić information content (AvgIpc) is 3.58. The summed E-state index contributed by atoms with van der Waals surface area (Å²) >= 11 is 0. The number of benzene rings is 2. The molecule has 2 N–H and O–H groups in total. The molecular formula is C37H44N8O2. The Labute approximate surface area is 276 Å². The van der Waals surface area contributed by atoms with Crippen LogP contribution in [0.1, 0.15) is 93.8 Å². The summed E-state index contributed by atoms with van der Waals surface area (Å²) in [4.78, 5) is 15.9. The number of hydrogen-bond donors (Lipinski definition) is 2. The van der Waals surface area contributed by atoms with Gasteiger partial charge in [-0.3, -0.25) is 9.72 Å². The van der Waals surface area contributed by atoms with E-state index < -0.39 is 0 Å². The number of pyridine rings is 1. The number of urea groups is 1. The van der Waals surface area contributed by atoms with Crippen molar-refractivity contribution in [2.75, 3.05) is 23.3 Å². The van der Waals surface area contributed by atoms with E-state index >= 15 is 0 Å². The maximum absolute atomic E-state index is 13.5. The number of rotatable bonds is 6. The summed E-state index contributed by atoms with van der Waals surface area (Å²) in [7, 11) is 0. The van der Waals surface area contributed by atoms with Crippen LogP contribution in [-0.2, 0) is 5.41 Å². The molecule has 10 heteroatoms. The predicted molar refractivity (Wildman–Crippen MR) is 185 cm³/mol. The molecule has 0 saturated carbocycles. The van der Waals surface area contributed by atoms with Gasteiger partial charge in [0.25, 0.3) is 0 Å². The van der Waals surface area contributed by atoms with Crippen molar-refractivity contribution in [1.29, 1.82) is 0 Å². The van der Waals surface area contributed by atoms with Gasteiger partial charge in [0.2, 0.25) is 5.95 Å². The lowest BCUT2D eigenvalue weighted by Crippen LogP contribution is -2.36. The molecule has 1 saturated heterocycles. The lowest BCUT2D eigenvalue weighted by molar-refractivity contribution is 0.171. The van der Waals surface area contributed by atoms with Crippen molar-refractivity contribution in [2.24, 2.45) is 0 Å². The number of anilines is 2. The van der Waals surface area contributed by atoms with Gasteiger partial charge in [0.1, 0.15) is 17.7 Å². The molecule has 244 valence electrons. The monoisotopic (exact) mass is 632 g/mol. The van der Waals surface area contributed by atoms with Crippen LogP contribution in [0.5, 0.6) is 5.75 Å². The van der Waals surface area contributed by atoms with Gasteiger partial charge in [-0.05, 0) is 68.0 Å². The lowest BCUT2D eigenvalue weighted by Gasteiger charge is -2.32. The maximum Gasteiger partial charge on any atom is 0.320 e. The number of aryl methyl sites for hydroxylation is 1. The zero-order chi connectivity index (χ0) is 32.5. The van der Waals surface area contributed by atoms with E-state index in [1.807, 2.05) is 65.5 Å². The van der Waals surface area contributed by atoms with Crippen LogP contribution in [0.4, 0.5) is 16.6 Å². The van der Waals surface area contributed by atoms with Gasteiger partial charge in [-0.25, -0.2) is 9.48 Å². The molecule has 2 aliphatic rings. The number of carbonyl (C=O) groups is 1. The molecule has 0 unspecified atom stereocenters. The Bertz CT molecular complexity index is 1860. The highest BCUT2D eigenvalue weighted by atomic mass is 16.5. The number of nitrogens with one attached hydrogen (secondary N) is 2. The molecule has 7 rings (SSSR count). The first-order valence-corrected chi connectivity index (χ1v) is 16.8. The van der Waals surface area contributed by atoms with Crippen molar-refractivity contribution < 1.29 is 9.53 Å². The lowest BCUT2D eigenvalue weighted by atomic mass is 9.85. The third kappa shape index (κ3) is 6.54. The van der Waals surface area contributed by atoms with Crippen molar-refractivity contribution in [3.63, 3.8) is 0 Å². The second-order valence-electron chi connectivity index (χ2n) is 13.9. The largest absolute Gasteiger partial charge is 0.484 e. The molecule has 2 aromatic carbocycles. The van der Waals surface area contributed by atoms with E-state index in [1.54, 1.807) is 0 Å². The summed E-state index contributed by atoms with van der Waals surface area (Å²) in [6.07, 6.45) is 8.24. The van der Waals surface area contributed by atoms with E-state index in [-0.39, 0.29) is 23.6 Å². The zero-order valence-electron chi connectivity index (χ0n) is 27.7. The second kappa shape index (κ2) is 12.7. The van der Waals surface area contributed by atoms with Gasteiger partial charge in [-0.2, -0.15) is 5.10 Å². The van der Waals surface area contributed by atoms with Crippen LogP contribution in [-0.4, -0.2) is 43.5 Å². The topological polar surface area (TPSA) is 102 Å². The molecule has 1 fully saturated rings. The molecule has 10 nitrogen and oxygen atoms in total. The van der Waals surface area contributed by atoms with Crippen molar-refractivity contribution in [3.8, 4) is 11.4 Å². The Hall–Kier alpha value is -4.86. The second-order valence-corrected chi connectivity index (χ2v) is 13.9. The number of carbonyl (C=O) groups excluding carboxylic acids is 1. The minimum Gasteiger partial charge on any atom is -0.484 e. The summed E-state index contributed by atoms with van der Waals surface area (Å²) in [5.41, 5.74) is 5.76. The molecule has 5 aromatic rings. The maximum atomic E-state index is 13.5. The molecular weight excluding hydrogens is 588 g/mol. The molecule has 3 aromatic heterocycles. The summed E-state index contributed by atoms with van der Waals surface area (Å²) in [6, 6.07) is 21.9. The molecule has 1 aliphatic carbocycles. The van der Waals surface area contributed by atoms with E-state index in [0.717, 1.165) is 65.8 Å². The van der Waals surface area contributed by atoms with E-state index in [0.29, 0.717) is 5.82 Å². The standard InChI is InChI=1S/C37H44N8O2/c1-25-13-15-26(16-14-25)45-34(23-32(42-45)37(2,3)4)39-35(46)38-30-18-19-31(29-12-8-7-11-28(29)30)47-27-17-20-33-40-41-36(44(33)24-27)43-21-9-5-6-10-22-43/h7-8,11-17,20,23-24,30-31H,5-6,9-10,18-19,21-22H2,1-4H3,(H2,38,39,46)/t30-,31+/m0/s1. The minimum atomic E-state index is -0.267. The Morgan fingerprint density at radius 2 is 1.64 bits per heavy atom. The van der Waals surface area contributed by atoms with Crippen molar-refractivity contribution in [3.05, 3.63) is 95.3 Å². The highest BCUT2D eigenvalue weighted by molar-refractivity contribution is 5.89. The summed E-state index contributed by atoms with van der Waals surface area (Å²) in [5, 5.41) is 20.1. The van der Waals surface area contributed by atoms with E-state index in [9.17, 15) is 4.79 Å². The number of amides is 2. The first-order chi connectivity index (χ1) is 22.7.